The van der Waals surface area contributed by atoms with Gasteiger partial charge >= 0.3 is 0 Å². The molecule has 0 saturated carbocycles. The number of anilines is 1. The Morgan fingerprint density at radius 1 is 1.20 bits per heavy atom. The van der Waals surface area contributed by atoms with Gasteiger partial charge in [-0.25, -0.2) is 8.42 Å². The molecule has 9 heteroatoms. The minimum absolute atomic E-state index is 0.0420. The Kier molecular flexibility index (Phi) is 6.51. The van der Waals surface area contributed by atoms with Crippen molar-refractivity contribution in [1.82, 2.24) is 4.31 Å². The maximum absolute atomic E-state index is 12.6. The Morgan fingerprint density at radius 2 is 1.88 bits per heavy atom. The largest absolute Gasteiger partial charge is 0.325 e. The Balaban J connectivity index is 2.16. The van der Waals surface area contributed by atoms with Crippen LogP contribution in [0.4, 0.5) is 5.69 Å². The van der Waals surface area contributed by atoms with Crippen LogP contribution in [0.25, 0.3) is 0 Å². The maximum atomic E-state index is 12.6. The molecule has 0 aromatic heterocycles. The van der Waals surface area contributed by atoms with Crippen molar-refractivity contribution in [3.05, 3.63) is 56.5 Å². The average molecular weight is 466 g/mol. The van der Waals surface area contributed by atoms with Crippen LogP contribution in [-0.2, 0) is 14.8 Å². The van der Waals surface area contributed by atoms with E-state index in [4.69, 9.17) is 23.2 Å². The molecule has 0 spiro atoms. The zero-order chi connectivity index (χ0) is 18.8. The molecule has 2 rings (SSSR count). The zero-order valence-electron chi connectivity index (χ0n) is 13.4. The second kappa shape index (κ2) is 8.05. The van der Waals surface area contributed by atoms with Crippen LogP contribution >= 0.6 is 39.1 Å². The van der Waals surface area contributed by atoms with Gasteiger partial charge in [0.05, 0.1) is 11.6 Å². The van der Waals surface area contributed by atoms with Gasteiger partial charge in [0, 0.05) is 22.2 Å². The summed E-state index contributed by atoms with van der Waals surface area (Å²) in [5, 5.41) is 2.98. The summed E-state index contributed by atoms with van der Waals surface area (Å²) in [4.78, 5) is 12.1. The first-order valence-corrected chi connectivity index (χ1v) is 10.1. The number of likely N-dealkylation sites (N-methyl/N-ethyl adjacent to an activating group) is 1. The maximum Gasteiger partial charge on any atom is 0.244 e. The number of hydrogen-bond donors (Lipinski definition) is 1. The fourth-order valence-corrected chi connectivity index (χ4v) is 4.42. The summed E-state index contributed by atoms with van der Waals surface area (Å²) >= 11 is 15.1. The van der Waals surface area contributed by atoms with Gasteiger partial charge < -0.3 is 5.32 Å². The van der Waals surface area contributed by atoms with E-state index in [9.17, 15) is 13.2 Å². The summed E-state index contributed by atoms with van der Waals surface area (Å²) in [7, 11) is -2.64. The fraction of sp³-hybridized carbons (Fsp3) is 0.188. The standard InChI is InChI=1S/C16H15BrCl2N2O3S/c1-10-7-11(17)3-6-14(10)20-16(22)9-21(2)25(23,24)15-8-12(18)4-5-13(15)19/h3-8H,9H2,1-2H3,(H,20,22). The molecule has 0 aliphatic carbocycles. The third-order valence-electron chi connectivity index (χ3n) is 3.41. The van der Waals surface area contributed by atoms with Crippen LogP contribution in [-0.4, -0.2) is 32.2 Å². The lowest BCUT2D eigenvalue weighted by Gasteiger charge is -2.18. The lowest BCUT2D eigenvalue weighted by atomic mass is 10.2. The highest BCUT2D eigenvalue weighted by Crippen LogP contribution is 2.27. The number of rotatable bonds is 5. The Bertz CT molecular complexity index is 920. The van der Waals surface area contributed by atoms with E-state index in [0.717, 1.165) is 14.3 Å². The molecule has 0 aliphatic rings. The number of amides is 1. The van der Waals surface area contributed by atoms with E-state index in [0.29, 0.717) is 5.69 Å². The molecule has 25 heavy (non-hydrogen) atoms. The van der Waals surface area contributed by atoms with Crippen molar-refractivity contribution in [2.75, 3.05) is 18.9 Å². The number of benzene rings is 2. The number of aryl methyl sites for hydroxylation is 1. The van der Waals surface area contributed by atoms with E-state index in [1.165, 1.54) is 25.2 Å². The predicted octanol–water partition coefficient (Wildman–Crippen LogP) is 4.32. The average Bonchev–Trinajstić information content (AvgIpc) is 2.52. The smallest absolute Gasteiger partial charge is 0.244 e. The number of hydrogen-bond acceptors (Lipinski definition) is 3. The second-order valence-corrected chi connectivity index (χ2v) is 9.12. The molecular weight excluding hydrogens is 451 g/mol. The first-order chi connectivity index (χ1) is 11.6. The van der Waals surface area contributed by atoms with Gasteiger partial charge in [0.25, 0.3) is 0 Å². The van der Waals surface area contributed by atoms with Crippen LogP contribution in [0.3, 0.4) is 0 Å². The highest BCUT2D eigenvalue weighted by molar-refractivity contribution is 9.10. The molecule has 0 aliphatic heterocycles. The quantitative estimate of drug-likeness (QED) is 0.714. The molecule has 1 N–H and O–H groups in total. The molecule has 0 radical (unpaired) electrons. The zero-order valence-corrected chi connectivity index (χ0v) is 17.3. The Morgan fingerprint density at radius 3 is 2.52 bits per heavy atom. The molecular formula is C16H15BrCl2N2O3S. The third kappa shape index (κ3) is 4.95. The van der Waals surface area contributed by atoms with Crippen molar-refractivity contribution in [3.8, 4) is 0 Å². The van der Waals surface area contributed by atoms with Crippen molar-refractivity contribution < 1.29 is 13.2 Å². The summed E-state index contributed by atoms with van der Waals surface area (Å²) in [6.07, 6.45) is 0. The number of carbonyl (C=O) groups excluding carboxylic acids is 1. The van der Waals surface area contributed by atoms with Crippen LogP contribution in [0.5, 0.6) is 0 Å². The van der Waals surface area contributed by atoms with Crippen molar-refractivity contribution in [2.24, 2.45) is 0 Å². The SMILES string of the molecule is Cc1cc(Br)ccc1NC(=O)CN(C)S(=O)(=O)c1cc(Cl)ccc1Cl. The lowest BCUT2D eigenvalue weighted by Crippen LogP contribution is -2.35. The lowest BCUT2D eigenvalue weighted by molar-refractivity contribution is -0.116. The molecule has 0 unspecified atom stereocenters. The summed E-state index contributed by atoms with van der Waals surface area (Å²) < 4.78 is 27.0. The molecule has 134 valence electrons. The van der Waals surface area contributed by atoms with Gasteiger partial charge in [0.15, 0.2) is 0 Å². The number of sulfonamides is 1. The van der Waals surface area contributed by atoms with Gasteiger partial charge in [0.1, 0.15) is 4.90 Å². The monoisotopic (exact) mass is 464 g/mol. The normalized spacial score (nSPS) is 11.6. The number of nitrogens with zero attached hydrogens (tertiary/aromatic N) is 1. The minimum Gasteiger partial charge on any atom is -0.325 e. The van der Waals surface area contributed by atoms with Gasteiger partial charge in [-0.1, -0.05) is 39.1 Å². The highest BCUT2D eigenvalue weighted by Gasteiger charge is 2.25. The predicted molar refractivity (Wildman–Crippen MR) is 104 cm³/mol. The summed E-state index contributed by atoms with van der Waals surface area (Å²) in [5.74, 6) is -0.463. The molecule has 0 heterocycles. The van der Waals surface area contributed by atoms with Crippen LogP contribution in [0, 0.1) is 6.92 Å². The van der Waals surface area contributed by atoms with Crippen molar-refractivity contribution in [3.63, 3.8) is 0 Å². The Hall–Kier alpha value is -1.12. The van der Waals surface area contributed by atoms with Gasteiger partial charge in [0.2, 0.25) is 15.9 Å². The van der Waals surface area contributed by atoms with Gasteiger partial charge in [-0.2, -0.15) is 4.31 Å². The van der Waals surface area contributed by atoms with E-state index in [2.05, 4.69) is 21.2 Å². The molecule has 0 bridgehead atoms. The van der Waals surface area contributed by atoms with E-state index < -0.39 is 15.9 Å². The number of nitrogens with one attached hydrogen (secondary N) is 1. The van der Waals surface area contributed by atoms with Crippen molar-refractivity contribution in [2.45, 2.75) is 11.8 Å². The molecule has 2 aromatic rings. The number of halogens is 3. The summed E-state index contributed by atoms with van der Waals surface area (Å²) in [5.41, 5.74) is 1.46. The minimum atomic E-state index is -3.95. The molecule has 0 atom stereocenters. The second-order valence-electron chi connectivity index (χ2n) is 5.34. The van der Waals surface area contributed by atoms with Gasteiger partial charge in [-0.15, -0.1) is 0 Å². The Labute approximate surface area is 165 Å². The number of carbonyl (C=O) groups is 1. The molecule has 1 amide bonds. The summed E-state index contributed by atoms with van der Waals surface area (Å²) in [6.45, 7) is 1.48. The van der Waals surface area contributed by atoms with Crippen LogP contribution in [0.2, 0.25) is 10.0 Å². The fourth-order valence-electron chi connectivity index (χ4n) is 2.09. The van der Waals surface area contributed by atoms with Gasteiger partial charge in [-0.05, 0) is 48.9 Å². The van der Waals surface area contributed by atoms with E-state index in [-0.39, 0.29) is 21.5 Å². The first-order valence-electron chi connectivity index (χ1n) is 7.08. The van der Waals surface area contributed by atoms with Gasteiger partial charge in [-0.3, -0.25) is 4.79 Å². The van der Waals surface area contributed by atoms with E-state index in [1.54, 1.807) is 12.1 Å². The van der Waals surface area contributed by atoms with Crippen LogP contribution in [0.1, 0.15) is 5.56 Å². The molecule has 0 fully saturated rings. The molecule has 0 saturated heterocycles. The van der Waals surface area contributed by atoms with Crippen molar-refractivity contribution in [1.29, 1.82) is 0 Å². The van der Waals surface area contributed by atoms with Crippen molar-refractivity contribution >= 4 is 60.7 Å². The first kappa shape index (κ1) is 20.2. The van der Waals surface area contributed by atoms with E-state index in [1.807, 2.05) is 13.0 Å². The topological polar surface area (TPSA) is 66.5 Å². The van der Waals surface area contributed by atoms with Crippen LogP contribution in [0.15, 0.2) is 45.8 Å². The highest BCUT2D eigenvalue weighted by atomic mass is 79.9. The summed E-state index contributed by atoms with van der Waals surface area (Å²) in [6, 6.07) is 9.52. The van der Waals surface area contributed by atoms with Crippen LogP contribution < -0.4 is 5.32 Å². The third-order valence-corrected chi connectivity index (χ3v) is 6.42. The molecule has 2 aromatic carbocycles. The van der Waals surface area contributed by atoms with E-state index >= 15 is 0 Å². The molecule has 5 nitrogen and oxygen atoms in total.